The van der Waals surface area contributed by atoms with Gasteiger partial charge in [0.1, 0.15) is 0 Å². The van der Waals surface area contributed by atoms with Crippen LogP contribution in [0.4, 0.5) is 0 Å². The molecule has 0 amide bonds. The summed E-state index contributed by atoms with van der Waals surface area (Å²) in [6.07, 6.45) is 0.599. The van der Waals surface area contributed by atoms with Crippen LogP contribution in [0.25, 0.3) is 0 Å². The first kappa shape index (κ1) is 18.3. The standard InChI is InChI=1S/C20H23NO5S/c22-18-14-21(10-9-17(18)15-5-2-1-3-6-15)27(23,24)16-7-8-19-20(13-16)26-12-4-11-25-19/h1-3,5-8,13,17-18,22H,4,9-12,14H2/t17-,18-/m1/s1. The maximum Gasteiger partial charge on any atom is 0.243 e. The van der Waals surface area contributed by atoms with Crippen LogP contribution in [0.2, 0.25) is 0 Å². The maximum absolute atomic E-state index is 13.1. The first-order valence-electron chi connectivity index (χ1n) is 9.18. The van der Waals surface area contributed by atoms with Crippen LogP contribution in [-0.4, -0.2) is 50.2 Å². The smallest absolute Gasteiger partial charge is 0.243 e. The predicted octanol–water partition coefficient (Wildman–Crippen LogP) is 2.39. The molecule has 2 atom stereocenters. The van der Waals surface area contributed by atoms with Crippen molar-refractivity contribution in [2.45, 2.75) is 29.8 Å². The normalized spacial score (nSPS) is 23.6. The molecule has 2 heterocycles. The Labute approximate surface area is 159 Å². The molecule has 2 aliphatic heterocycles. The lowest BCUT2D eigenvalue weighted by atomic mass is 9.88. The second-order valence-electron chi connectivity index (χ2n) is 6.90. The minimum Gasteiger partial charge on any atom is -0.490 e. The van der Waals surface area contributed by atoms with Gasteiger partial charge in [-0.05, 0) is 24.1 Å². The van der Waals surface area contributed by atoms with E-state index >= 15 is 0 Å². The van der Waals surface area contributed by atoms with Gasteiger partial charge in [-0.15, -0.1) is 0 Å². The van der Waals surface area contributed by atoms with Crippen LogP contribution in [0, 0.1) is 0 Å². The largest absolute Gasteiger partial charge is 0.490 e. The second kappa shape index (κ2) is 7.50. The molecule has 7 heteroatoms. The molecular formula is C20H23NO5S. The summed E-state index contributed by atoms with van der Waals surface area (Å²) in [5, 5.41) is 10.6. The van der Waals surface area contributed by atoms with Gasteiger partial charge in [0.25, 0.3) is 0 Å². The SMILES string of the molecule is O=S(=O)(c1ccc2c(c1)OCCCO2)N1CC[C@H](c2ccccc2)[C@H](O)C1. The number of nitrogens with zero attached hydrogens (tertiary/aromatic N) is 1. The van der Waals surface area contributed by atoms with Gasteiger partial charge < -0.3 is 14.6 Å². The molecule has 2 aromatic carbocycles. The third-order valence-corrected chi connectivity index (χ3v) is 6.99. The molecule has 6 nitrogen and oxygen atoms in total. The van der Waals surface area contributed by atoms with Crippen LogP contribution >= 0.6 is 0 Å². The number of β-amino-alcohol motifs (C(OH)–C–C–N with tert-alkyl or cyclic N) is 1. The lowest BCUT2D eigenvalue weighted by molar-refractivity contribution is 0.0854. The van der Waals surface area contributed by atoms with Crippen LogP contribution in [0.15, 0.2) is 53.4 Å². The predicted molar refractivity (Wildman–Crippen MR) is 101 cm³/mol. The molecule has 144 valence electrons. The number of fused-ring (bicyclic) bond motifs is 1. The van der Waals surface area contributed by atoms with E-state index < -0.39 is 16.1 Å². The summed E-state index contributed by atoms with van der Waals surface area (Å²) in [4.78, 5) is 0.164. The van der Waals surface area contributed by atoms with Gasteiger partial charge in [-0.25, -0.2) is 8.42 Å². The van der Waals surface area contributed by atoms with E-state index in [1.807, 2.05) is 30.3 Å². The summed E-state index contributed by atoms with van der Waals surface area (Å²) in [6.45, 7) is 1.50. The van der Waals surface area contributed by atoms with E-state index in [-0.39, 0.29) is 17.4 Å². The number of piperidine rings is 1. The molecule has 0 saturated carbocycles. The van der Waals surface area contributed by atoms with E-state index in [4.69, 9.17) is 9.47 Å². The molecule has 2 aromatic rings. The Kier molecular flexibility index (Phi) is 5.08. The zero-order valence-electron chi connectivity index (χ0n) is 15.0. The molecule has 1 fully saturated rings. The van der Waals surface area contributed by atoms with Crippen LogP contribution < -0.4 is 9.47 Å². The van der Waals surface area contributed by atoms with Crippen LogP contribution in [0.5, 0.6) is 11.5 Å². The molecule has 27 heavy (non-hydrogen) atoms. The van der Waals surface area contributed by atoms with Crippen molar-refractivity contribution < 1.29 is 23.0 Å². The van der Waals surface area contributed by atoms with E-state index in [9.17, 15) is 13.5 Å². The van der Waals surface area contributed by atoms with Crippen molar-refractivity contribution in [1.29, 1.82) is 0 Å². The van der Waals surface area contributed by atoms with Gasteiger partial charge >= 0.3 is 0 Å². The van der Waals surface area contributed by atoms with E-state index in [1.54, 1.807) is 12.1 Å². The topological polar surface area (TPSA) is 76.1 Å². The third kappa shape index (κ3) is 3.67. The first-order chi connectivity index (χ1) is 13.1. The molecule has 0 aromatic heterocycles. The molecule has 0 aliphatic carbocycles. The van der Waals surface area contributed by atoms with Gasteiger partial charge in [0.05, 0.1) is 24.2 Å². The maximum atomic E-state index is 13.1. The molecule has 0 unspecified atom stereocenters. The lowest BCUT2D eigenvalue weighted by Gasteiger charge is -2.35. The first-order valence-corrected chi connectivity index (χ1v) is 10.6. The summed E-state index contributed by atoms with van der Waals surface area (Å²) >= 11 is 0. The Hall–Kier alpha value is -2.09. The Morgan fingerprint density at radius 3 is 2.48 bits per heavy atom. The van der Waals surface area contributed by atoms with Crippen LogP contribution in [-0.2, 0) is 10.0 Å². The second-order valence-corrected chi connectivity index (χ2v) is 8.83. The Morgan fingerprint density at radius 1 is 1.00 bits per heavy atom. The number of aliphatic hydroxyl groups is 1. The number of ether oxygens (including phenoxy) is 2. The zero-order chi connectivity index (χ0) is 18.9. The molecule has 1 N–H and O–H groups in total. The van der Waals surface area contributed by atoms with Gasteiger partial charge in [0.15, 0.2) is 11.5 Å². The van der Waals surface area contributed by atoms with Crippen molar-refractivity contribution in [3.05, 3.63) is 54.1 Å². The van der Waals surface area contributed by atoms with Gasteiger partial charge in [-0.3, -0.25) is 0 Å². The number of benzene rings is 2. The quantitative estimate of drug-likeness (QED) is 0.872. The van der Waals surface area contributed by atoms with E-state index in [1.165, 1.54) is 10.4 Å². The third-order valence-electron chi connectivity index (χ3n) is 5.13. The molecule has 0 bridgehead atoms. The molecule has 2 aliphatic rings. The Balaban J connectivity index is 1.54. The minimum absolute atomic E-state index is 0.0542. The van der Waals surface area contributed by atoms with E-state index in [2.05, 4.69) is 0 Å². The number of hydrogen-bond donors (Lipinski definition) is 1. The number of hydrogen-bond acceptors (Lipinski definition) is 5. The molecule has 0 radical (unpaired) electrons. The average Bonchev–Trinajstić information content (AvgIpc) is 2.93. The highest BCUT2D eigenvalue weighted by atomic mass is 32.2. The van der Waals surface area contributed by atoms with E-state index in [0.29, 0.717) is 37.7 Å². The molecule has 1 saturated heterocycles. The fourth-order valence-corrected chi connectivity index (χ4v) is 5.15. The Bertz CT molecular complexity index is 900. The van der Waals surface area contributed by atoms with Crippen LogP contribution in [0.1, 0.15) is 24.3 Å². The van der Waals surface area contributed by atoms with Gasteiger partial charge in [-0.1, -0.05) is 30.3 Å². The summed E-state index contributed by atoms with van der Waals surface area (Å²) in [5.41, 5.74) is 1.04. The van der Waals surface area contributed by atoms with Crippen molar-refractivity contribution in [1.82, 2.24) is 4.31 Å². The summed E-state index contributed by atoms with van der Waals surface area (Å²) in [6, 6.07) is 14.4. The lowest BCUT2D eigenvalue weighted by Crippen LogP contribution is -2.45. The van der Waals surface area contributed by atoms with Crippen molar-refractivity contribution in [3.8, 4) is 11.5 Å². The number of rotatable bonds is 3. The fourth-order valence-electron chi connectivity index (χ4n) is 3.66. The fraction of sp³-hybridized carbons (Fsp3) is 0.400. The monoisotopic (exact) mass is 389 g/mol. The number of aliphatic hydroxyl groups excluding tert-OH is 1. The summed E-state index contributed by atoms with van der Waals surface area (Å²) in [5.74, 6) is 0.962. The number of sulfonamides is 1. The van der Waals surface area contributed by atoms with E-state index in [0.717, 1.165) is 12.0 Å². The molecule has 0 spiro atoms. The van der Waals surface area contributed by atoms with Crippen molar-refractivity contribution in [3.63, 3.8) is 0 Å². The van der Waals surface area contributed by atoms with Crippen LogP contribution in [0.3, 0.4) is 0 Å². The summed E-state index contributed by atoms with van der Waals surface area (Å²) in [7, 11) is -3.71. The van der Waals surface area contributed by atoms with Gasteiger partial charge in [0, 0.05) is 31.5 Å². The van der Waals surface area contributed by atoms with Gasteiger partial charge in [0.2, 0.25) is 10.0 Å². The van der Waals surface area contributed by atoms with Gasteiger partial charge in [-0.2, -0.15) is 4.31 Å². The minimum atomic E-state index is -3.71. The van der Waals surface area contributed by atoms with Crippen molar-refractivity contribution >= 4 is 10.0 Å². The highest BCUT2D eigenvalue weighted by molar-refractivity contribution is 7.89. The molecular weight excluding hydrogens is 366 g/mol. The summed E-state index contributed by atoms with van der Waals surface area (Å²) < 4.78 is 38.7. The average molecular weight is 389 g/mol. The highest BCUT2D eigenvalue weighted by Crippen LogP contribution is 2.35. The van der Waals surface area contributed by atoms with Crippen molar-refractivity contribution in [2.24, 2.45) is 0 Å². The molecule has 4 rings (SSSR count). The zero-order valence-corrected chi connectivity index (χ0v) is 15.8. The van der Waals surface area contributed by atoms with Crippen molar-refractivity contribution in [2.75, 3.05) is 26.3 Å². The Morgan fingerprint density at radius 2 is 1.74 bits per heavy atom. The highest BCUT2D eigenvalue weighted by Gasteiger charge is 2.35.